The predicted octanol–water partition coefficient (Wildman–Crippen LogP) is 1.30. The van der Waals surface area contributed by atoms with E-state index in [0.29, 0.717) is 0 Å². The fourth-order valence-electron chi connectivity index (χ4n) is 1.90. The number of piperazine rings is 1. The maximum absolute atomic E-state index is 12.2. The van der Waals surface area contributed by atoms with Crippen LogP contribution in [-0.4, -0.2) is 34.8 Å². The molecule has 2 amide bonds. The zero-order valence-electron chi connectivity index (χ0n) is 10.7. The summed E-state index contributed by atoms with van der Waals surface area (Å²) in [6.07, 6.45) is 2.48. The minimum Gasteiger partial charge on any atom is -0.343 e. The lowest BCUT2D eigenvalue weighted by molar-refractivity contribution is -0.150. The number of nitrogens with zero attached hydrogens (tertiary/aromatic N) is 1. The van der Waals surface area contributed by atoms with E-state index in [2.05, 4.69) is 5.32 Å². The smallest absolute Gasteiger partial charge is 0.246 e. The summed E-state index contributed by atoms with van der Waals surface area (Å²) in [6.45, 7) is 8.26. The molecule has 1 aliphatic heterocycles. The van der Waals surface area contributed by atoms with Crippen molar-refractivity contribution >= 4 is 11.8 Å². The van der Waals surface area contributed by atoms with Crippen molar-refractivity contribution in [2.75, 3.05) is 6.54 Å². The summed E-state index contributed by atoms with van der Waals surface area (Å²) in [5.41, 5.74) is -0.235. The Morgan fingerprint density at radius 2 is 2.00 bits per heavy atom. The second-order valence-electron chi connectivity index (χ2n) is 5.00. The molecule has 0 radical (unpaired) electrons. The molecule has 1 atom stereocenters. The van der Waals surface area contributed by atoms with Crippen molar-refractivity contribution in [2.24, 2.45) is 0 Å². The van der Waals surface area contributed by atoms with Gasteiger partial charge in [0, 0.05) is 5.54 Å². The zero-order chi connectivity index (χ0) is 12.3. The number of carbonyl (C=O) groups is 2. The first-order chi connectivity index (χ1) is 7.42. The molecule has 4 nitrogen and oxygen atoms in total. The molecule has 0 aromatic heterocycles. The lowest BCUT2D eigenvalue weighted by Crippen LogP contribution is -2.63. The third kappa shape index (κ3) is 2.54. The molecule has 0 bridgehead atoms. The summed E-state index contributed by atoms with van der Waals surface area (Å²) in [6, 6.07) is -0.322. The van der Waals surface area contributed by atoms with Crippen LogP contribution in [0, 0.1) is 0 Å². The van der Waals surface area contributed by atoms with Gasteiger partial charge in [-0.15, -0.1) is 0 Å². The first kappa shape index (κ1) is 13.0. The normalized spacial score (nSPS) is 22.2. The summed E-state index contributed by atoms with van der Waals surface area (Å²) in [5.74, 6) is 0.0212. The van der Waals surface area contributed by atoms with Crippen LogP contribution in [0.25, 0.3) is 0 Å². The fourth-order valence-corrected chi connectivity index (χ4v) is 1.90. The van der Waals surface area contributed by atoms with E-state index in [-0.39, 0.29) is 29.9 Å². The number of nitrogens with one attached hydrogen (secondary N) is 1. The average Bonchev–Trinajstić information content (AvgIpc) is 2.23. The highest BCUT2D eigenvalue weighted by atomic mass is 16.2. The Morgan fingerprint density at radius 3 is 2.50 bits per heavy atom. The standard InChI is InChI=1S/C12H22N2O2/c1-5-7-9-11(16)14(8-10(15)13-9)12(3,4)6-2/h9H,5-8H2,1-4H3,(H,13,15). The van der Waals surface area contributed by atoms with Crippen LogP contribution < -0.4 is 5.32 Å². The Morgan fingerprint density at radius 1 is 1.38 bits per heavy atom. The van der Waals surface area contributed by atoms with E-state index >= 15 is 0 Å². The lowest BCUT2D eigenvalue weighted by atomic mass is 9.95. The molecular formula is C12H22N2O2. The SMILES string of the molecule is CCCC1NC(=O)CN(C(C)(C)CC)C1=O. The molecule has 1 unspecified atom stereocenters. The quantitative estimate of drug-likeness (QED) is 0.785. The Labute approximate surface area is 97.4 Å². The van der Waals surface area contributed by atoms with Crippen molar-refractivity contribution in [1.82, 2.24) is 10.2 Å². The second-order valence-corrected chi connectivity index (χ2v) is 5.00. The van der Waals surface area contributed by atoms with Crippen LogP contribution in [0.2, 0.25) is 0 Å². The first-order valence-corrected chi connectivity index (χ1v) is 6.03. The number of rotatable bonds is 4. The van der Waals surface area contributed by atoms with Gasteiger partial charge in [-0.25, -0.2) is 0 Å². The third-order valence-corrected chi connectivity index (χ3v) is 3.37. The number of hydrogen-bond donors (Lipinski definition) is 1. The molecule has 4 heteroatoms. The monoisotopic (exact) mass is 226 g/mol. The summed E-state index contributed by atoms with van der Waals surface area (Å²) in [7, 11) is 0. The molecule has 1 saturated heterocycles. The molecule has 1 N–H and O–H groups in total. The van der Waals surface area contributed by atoms with Gasteiger partial charge in [0.05, 0.1) is 0 Å². The molecule has 0 spiro atoms. The van der Waals surface area contributed by atoms with Gasteiger partial charge >= 0.3 is 0 Å². The lowest BCUT2D eigenvalue weighted by Gasteiger charge is -2.42. The van der Waals surface area contributed by atoms with Crippen LogP contribution >= 0.6 is 0 Å². The number of carbonyl (C=O) groups excluding carboxylic acids is 2. The van der Waals surface area contributed by atoms with E-state index in [0.717, 1.165) is 19.3 Å². The van der Waals surface area contributed by atoms with Gasteiger partial charge in [0.1, 0.15) is 12.6 Å². The van der Waals surface area contributed by atoms with Gasteiger partial charge in [0.25, 0.3) is 0 Å². The first-order valence-electron chi connectivity index (χ1n) is 6.03. The maximum atomic E-state index is 12.2. The molecule has 0 aliphatic carbocycles. The Kier molecular flexibility index (Phi) is 3.94. The van der Waals surface area contributed by atoms with E-state index in [1.165, 1.54) is 0 Å². The molecule has 92 valence electrons. The largest absolute Gasteiger partial charge is 0.343 e. The second kappa shape index (κ2) is 4.85. The van der Waals surface area contributed by atoms with Crippen LogP contribution in [-0.2, 0) is 9.59 Å². The van der Waals surface area contributed by atoms with Crippen molar-refractivity contribution in [3.63, 3.8) is 0 Å². The van der Waals surface area contributed by atoms with E-state index in [9.17, 15) is 9.59 Å². The Bertz CT molecular complexity index is 287. The minimum atomic E-state index is -0.322. The van der Waals surface area contributed by atoms with Crippen molar-refractivity contribution in [2.45, 2.75) is 58.5 Å². The molecule has 1 heterocycles. The summed E-state index contributed by atoms with van der Waals surface area (Å²) < 4.78 is 0. The van der Waals surface area contributed by atoms with E-state index < -0.39 is 0 Å². The van der Waals surface area contributed by atoms with E-state index in [4.69, 9.17) is 0 Å². The molecule has 16 heavy (non-hydrogen) atoms. The maximum Gasteiger partial charge on any atom is 0.246 e. The highest BCUT2D eigenvalue weighted by molar-refractivity contribution is 5.95. The Hall–Kier alpha value is -1.06. The topological polar surface area (TPSA) is 49.4 Å². The van der Waals surface area contributed by atoms with E-state index in [1.54, 1.807) is 4.90 Å². The zero-order valence-corrected chi connectivity index (χ0v) is 10.7. The van der Waals surface area contributed by atoms with Crippen molar-refractivity contribution < 1.29 is 9.59 Å². The van der Waals surface area contributed by atoms with Crippen LogP contribution in [0.5, 0.6) is 0 Å². The molecular weight excluding hydrogens is 204 g/mol. The summed E-state index contributed by atoms with van der Waals surface area (Å²) in [5, 5.41) is 2.76. The fraction of sp³-hybridized carbons (Fsp3) is 0.833. The summed E-state index contributed by atoms with van der Waals surface area (Å²) >= 11 is 0. The molecule has 1 aliphatic rings. The van der Waals surface area contributed by atoms with Crippen LogP contribution in [0.4, 0.5) is 0 Å². The van der Waals surface area contributed by atoms with Crippen molar-refractivity contribution in [1.29, 1.82) is 0 Å². The molecule has 0 aromatic carbocycles. The van der Waals surface area contributed by atoms with Crippen LogP contribution in [0.15, 0.2) is 0 Å². The van der Waals surface area contributed by atoms with Crippen LogP contribution in [0.3, 0.4) is 0 Å². The van der Waals surface area contributed by atoms with Gasteiger partial charge in [-0.05, 0) is 26.7 Å². The van der Waals surface area contributed by atoms with Gasteiger partial charge in [-0.2, -0.15) is 0 Å². The van der Waals surface area contributed by atoms with Gasteiger partial charge in [-0.1, -0.05) is 20.3 Å². The minimum absolute atomic E-state index is 0.0421. The summed E-state index contributed by atoms with van der Waals surface area (Å²) in [4.78, 5) is 25.5. The van der Waals surface area contributed by atoms with Crippen molar-refractivity contribution in [3.05, 3.63) is 0 Å². The highest BCUT2D eigenvalue weighted by Gasteiger charge is 2.38. The Balaban J connectivity index is 2.85. The predicted molar refractivity (Wildman–Crippen MR) is 62.9 cm³/mol. The average molecular weight is 226 g/mol. The molecule has 0 aromatic rings. The highest BCUT2D eigenvalue weighted by Crippen LogP contribution is 2.22. The molecule has 0 saturated carbocycles. The van der Waals surface area contributed by atoms with E-state index in [1.807, 2.05) is 27.7 Å². The number of hydrogen-bond acceptors (Lipinski definition) is 2. The number of amides is 2. The van der Waals surface area contributed by atoms with Gasteiger partial charge in [-0.3, -0.25) is 9.59 Å². The van der Waals surface area contributed by atoms with Crippen molar-refractivity contribution in [3.8, 4) is 0 Å². The van der Waals surface area contributed by atoms with Gasteiger partial charge in [0.15, 0.2) is 0 Å². The van der Waals surface area contributed by atoms with Gasteiger partial charge < -0.3 is 10.2 Å². The molecule has 1 rings (SSSR count). The van der Waals surface area contributed by atoms with Gasteiger partial charge in [0.2, 0.25) is 11.8 Å². The molecule has 1 fully saturated rings. The van der Waals surface area contributed by atoms with Crippen LogP contribution in [0.1, 0.15) is 47.0 Å². The third-order valence-electron chi connectivity index (χ3n) is 3.37.